The third-order valence-electron chi connectivity index (χ3n) is 5.23. The summed E-state index contributed by atoms with van der Waals surface area (Å²) in [4.78, 5) is 26.2. The highest BCUT2D eigenvalue weighted by Crippen LogP contribution is 2.19. The normalized spacial score (nSPS) is 14.8. The van der Waals surface area contributed by atoms with E-state index in [9.17, 15) is 4.79 Å². The molecule has 1 saturated heterocycles. The van der Waals surface area contributed by atoms with Crippen LogP contribution in [0.1, 0.15) is 21.6 Å². The Balaban J connectivity index is 1.47. The fourth-order valence-electron chi connectivity index (χ4n) is 3.48. The van der Waals surface area contributed by atoms with Crippen molar-refractivity contribution in [2.45, 2.75) is 13.5 Å². The SMILES string of the molecule is Cc1c(C(=O)NCc2cccnc2N2CCN(C)CC2)cnn1-c1ccccn1. The van der Waals surface area contributed by atoms with Crippen molar-refractivity contribution in [3.05, 3.63) is 65.7 Å². The second kappa shape index (κ2) is 8.40. The van der Waals surface area contributed by atoms with Gasteiger partial charge >= 0.3 is 0 Å². The molecule has 150 valence electrons. The summed E-state index contributed by atoms with van der Waals surface area (Å²) in [6.07, 6.45) is 5.10. The van der Waals surface area contributed by atoms with Crippen molar-refractivity contribution < 1.29 is 4.79 Å². The van der Waals surface area contributed by atoms with Crippen LogP contribution in [0.25, 0.3) is 5.82 Å². The number of aromatic nitrogens is 4. The third kappa shape index (κ3) is 4.12. The number of carbonyl (C=O) groups excluding carboxylic acids is 1. The number of likely N-dealkylation sites (N-methyl/N-ethyl adjacent to an activating group) is 1. The molecule has 0 aromatic carbocycles. The van der Waals surface area contributed by atoms with Gasteiger partial charge in [0, 0.05) is 50.7 Å². The van der Waals surface area contributed by atoms with Crippen molar-refractivity contribution in [1.82, 2.24) is 30.0 Å². The number of nitrogens with zero attached hydrogens (tertiary/aromatic N) is 6. The monoisotopic (exact) mass is 391 g/mol. The second-order valence-corrected chi connectivity index (χ2v) is 7.20. The first-order valence-corrected chi connectivity index (χ1v) is 9.75. The largest absolute Gasteiger partial charge is 0.354 e. The van der Waals surface area contributed by atoms with Crippen molar-refractivity contribution >= 4 is 11.7 Å². The van der Waals surface area contributed by atoms with Gasteiger partial charge in [-0.05, 0) is 32.2 Å². The Labute approximate surface area is 170 Å². The Bertz CT molecular complexity index is 978. The zero-order valence-corrected chi connectivity index (χ0v) is 16.7. The smallest absolute Gasteiger partial charge is 0.255 e. The molecule has 3 aromatic heterocycles. The predicted octanol–water partition coefficient (Wildman–Crippen LogP) is 1.65. The van der Waals surface area contributed by atoms with Crippen LogP contribution in [0.15, 0.2) is 48.9 Å². The zero-order chi connectivity index (χ0) is 20.2. The van der Waals surface area contributed by atoms with Gasteiger partial charge in [-0.25, -0.2) is 14.6 Å². The summed E-state index contributed by atoms with van der Waals surface area (Å²) in [6.45, 7) is 6.18. The van der Waals surface area contributed by atoms with Crippen LogP contribution in [-0.4, -0.2) is 63.8 Å². The van der Waals surface area contributed by atoms with E-state index < -0.39 is 0 Å². The highest BCUT2D eigenvalue weighted by atomic mass is 16.1. The maximum absolute atomic E-state index is 12.8. The lowest BCUT2D eigenvalue weighted by Gasteiger charge is -2.34. The molecule has 8 nitrogen and oxygen atoms in total. The first-order chi connectivity index (χ1) is 14.1. The fourth-order valence-corrected chi connectivity index (χ4v) is 3.48. The molecule has 29 heavy (non-hydrogen) atoms. The summed E-state index contributed by atoms with van der Waals surface area (Å²) in [5.41, 5.74) is 2.31. The standard InChI is InChI=1S/C21H25N7O/c1-16-18(15-25-28(16)19-7-3-4-8-22-19)21(29)24-14-17-6-5-9-23-20(17)27-12-10-26(2)11-13-27/h3-9,15H,10-14H2,1-2H3,(H,24,29). The molecule has 1 N–H and O–H groups in total. The molecule has 0 radical (unpaired) electrons. The first-order valence-electron chi connectivity index (χ1n) is 9.75. The topological polar surface area (TPSA) is 79.2 Å². The van der Waals surface area contributed by atoms with Gasteiger partial charge in [-0.1, -0.05) is 12.1 Å². The van der Waals surface area contributed by atoms with E-state index in [2.05, 4.69) is 37.2 Å². The van der Waals surface area contributed by atoms with Gasteiger partial charge in [-0.15, -0.1) is 0 Å². The molecule has 0 unspecified atom stereocenters. The van der Waals surface area contributed by atoms with Gasteiger partial charge < -0.3 is 15.1 Å². The molecule has 1 amide bonds. The molecule has 4 heterocycles. The maximum Gasteiger partial charge on any atom is 0.255 e. The highest BCUT2D eigenvalue weighted by Gasteiger charge is 2.19. The number of rotatable bonds is 5. The Hall–Kier alpha value is -3.26. The van der Waals surface area contributed by atoms with Gasteiger partial charge in [0.2, 0.25) is 0 Å². The van der Waals surface area contributed by atoms with Gasteiger partial charge in [0.1, 0.15) is 5.82 Å². The number of amides is 1. The minimum Gasteiger partial charge on any atom is -0.354 e. The maximum atomic E-state index is 12.8. The predicted molar refractivity (Wildman–Crippen MR) is 111 cm³/mol. The summed E-state index contributed by atoms with van der Waals surface area (Å²) < 4.78 is 1.68. The molecule has 0 aliphatic carbocycles. The highest BCUT2D eigenvalue weighted by molar-refractivity contribution is 5.95. The summed E-state index contributed by atoms with van der Waals surface area (Å²) >= 11 is 0. The molecule has 1 aliphatic heterocycles. The molecule has 8 heteroatoms. The summed E-state index contributed by atoms with van der Waals surface area (Å²) in [5, 5.41) is 7.35. The summed E-state index contributed by atoms with van der Waals surface area (Å²) in [5.74, 6) is 1.48. The van der Waals surface area contributed by atoms with Crippen LogP contribution in [-0.2, 0) is 6.54 Å². The van der Waals surface area contributed by atoms with Crippen LogP contribution in [0.5, 0.6) is 0 Å². The number of anilines is 1. The Kier molecular flexibility index (Phi) is 5.53. The molecule has 1 fully saturated rings. The van der Waals surface area contributed by atoms with Crippen molar-refractivity contribution in [3.8, 4) is 5.82 Å². The zero-order valence-electron chi connectivity index (χ0n) is 16.7. The number of pyridine rings is 2. The van der Waals surface area contributed by atoms with Crippen LogP contribution in [0.4, 0.5) is 5.82 Å². The van der Waals surface area contributed by atoms with Crippen LogP contribution < -0.4 is 10.2 Å². The molecule has 0 atom stereocenters. The van der Waals surface area contributed by atoms with Gasteiger partial charge in [0.15, 0.2) is 5.82 Å². The average molecular weight is 391 g/mol. The van der Waals surface area contributed by atoms with Crippen molar-refractivity contribution in [2.24, 2.45) is 0 Å². The van der Waals surface area contributed by atoms with E-state index in [-0.39, 0.29) is 5.91 Å². The van der Waals surface area contributed by atoms with Gasteiger partial charge in [-0.3, -0.25) is 4.79 Å². The van der Waals surface area contributed by atoms with Crippen LogP contribution >= 0.6 is 0 Å². The lowest BCUT2D eigenvalue weighted by atomic mass is 10.2. The van der Waals surface area contributed by atoms with E-state index in [4.69, 9.17) is 0 Å². The molecule has 0 spiro atoms. The minimum absolute atomic E-state index is 0.155. The van der Waals surface area contributed by atoms with Gasteiger partial charge in [0.25, 0.3) is 5.91 Å². The lowest BCUT2D eigenvalue weighted by Crippen LogP contribution is -2.45. The van der Waals surface area contributed by atoms with Gasteiger partial charge in [-0.2, -0.15) is 5.10 Å². The van der Waals surface area contributed by atoms with Crippen molar-refractivity contribution in [3.63, 3.8) is 0 Å². The quantitative estimate of drug-likeness (QED) is 0.713. The first kappa shape index (κ1) is 19.1. The Morgan fingerprint density at radius 2 is 1.86 bits per heavy atom. The molecule has 0 saturated carbocycles. The molecule has 4 rings (SSSR count). The second-order valence-electron chi connectivity index (χ2n) is 7.20. The van der Waals surface area contributed by atoms with Crippen LogP contribution in [0.2, 0.25) is 0 Å². The third-order valence-corrected chi connectivity index (χ3v) is 5.23. The van der Waals surface area contributed by atoms with Crippen LogP contribution in [0, 0.1) is 6.92 Å². The number of hydrogen-bond acceptors (Lipinski definition) is 6. The minimum atomic E-state index is -0.155. The number of piperazine rings is 1. The van der Waals surface area contributed by atoms with Crippen molar-refractivity contribution in [2.75, 3.05) is 38.1 Å². The molecule has 1 aliphatic rings. The molecule has 0 bridgehead atoms. The summed E-state index contributed by atoms with van der Waals surface area (Å²) in [7, 11) is 2.13. The van der Waals surface area contributed by atoms with Crippen LogP contribution in [0.3, 0.4) is 0 Å². The molecule has 3 aromatic rings. The Morgan fingerprint density at radius 3 is 2.62 bits per heavy atom. The summed E-state index contributed by atoms with van der Waals surface area (Å²) in [6, 6.07) is 9.53. The van der Waals surface area contributed by atoms with E-state index in [1.807, 2.05) is 37.3 Å². The van der Waals surface area contributed by atoms with E-state index in [0.717, 1.165) is 43.3 Å². The number of nitrogens with one attached hydrogen (secondary N) is 1. The van der Waals surface area contributed by atoms with E-state index in [1.165, 1.54) is 0 Å². The molecular formula is C21H25N7O. The van der Waals surface area contributed by atoms with E-state index in [0.29, 0.717) is 17.9 Å². The Morgan fingerprint density at radius 1 is 1.07 bits per heavy atom. The number of carbonyl (C=O) groups is 1. The van der Waals surface area contributed by atoms with Gasteiger partial charge in [0.05, 0.1) is 17.5 Å². The number of hydrogen-bond donors (Lipinski definition) is 1. The van der Waals surface area contributed by atoms with E-state index >= 15 is 0 Å². The fraction of sp³-hybridized carbons (Fsp3) is 0.333. The molecular weight excluding hydrogens is 366 g/mol. The van der Waals surface area contributed by atoms with E-state index in [1.54, 1.807) is 23.3 Å². The lowest BCUT2D eigenvalue weighted by molar-refractivity contribution is 0.0950. The average Bonchev–Trinajstić information content (AvgIpc) is 3.15. The van der Waals surface area contributed by atoms with Crippen molar-refractivity contribution in [1.29, 1.82) is 0 Å².